The Bertz CT molecular complexity index is 443. The Kier molecular flexibility index (Phi) is 5.65. The molecule has 1 rings (SSSR count). The lowest BCUT2D eigenvalue weighted by Crippen LogP contribution is -2.08. The van der Waals surface area contributed by atoms with Gasteiger partial charge in [0.15, 0.2) is 0 Å². The number of alkyl halides is 1. The minimum absolute atomic E-state index is 0.0302. The van der Waals surface area contributed by atoms with Gasteiger partial charge in [0, 0.05) is 12.3 Å². The highest BCUT2D eigenvalue weighted by atomic mass is 35.5. The summed E-state index contributed by atoms with van der Waals surface area (Å²) in [6, 6.07) is 5.17. The molecular weight excluding hydrogens is 256 g/mol. The first kappa shape index (κ1) is 14.5. The van der Waals surface area contributed by atoms with Crippen molar-refractivity contribution in [3.63, 3.8) is 0 Å². The summed E-state index contributed by atoms with van der Waals surface area (Å²) in [5.74, 6) is -1.08. The molecule has 1 aromatic carbocycles. The van der Waals surface area contributed by atoms with E-state index in [0.717, 1.165) is 5.56 Å². The Morgan fingerprint density at radius 3 is 2.67 bits per heavy atom. The van der Waals surface area contributed by atoms with Gasteiger partial charge in [0.25, 0.3) is 0 Å². The molecule has 0 bridgehead atoms. The molecule has 4 nitrogen and oxygen atoms in total. The zero-order valence-corrected chi connectivity index (χ0v) is 10.9. The molecule has 0 aliphatic rings. The summed E-state index contributed by atoms with van der Waals surface area (Å²) in [5, 5.41) is 8.63. The molecule has 1 N–H and O–H groups in total. The van der Waals surface area contributed by atoms with Crippen LogP contribution < -0.4 is 0 Å². The van der Waals surface area contributed by atoms with Crippen LogP contribution in [0.5, 0.6) is 0 Å². The van der Waals surface area contributed by atoms with Crippen LogP contribution in [0.3, 0.4) is 0 Å². The molecule has 0 saturated carbocycles. The normalized spacial score (nSPS) is 10.1. The third kappa shape index (κ3) is 4.04. The fraction of sp³-hybridized carbons (Fsp3) is 0.385. The second-order valence-corrected chi connectivity index (χ2v) is 4.01. The van der Waals surface area contributed by atoms with Gasteiger partial charge < -0.3 is 9.84 Å². The van der Waals surface area contributed by atoms with Crippen LogP contribution in [-0.2, 0) is 21.8 Å². The van der Waals surface area contributed by atoms with Gasteiger partial charge in [0.2, 0.25) is 0 Å². The van der Waals surface area contributed by atoms with Crippen molar-refractivity contribution in [3.8, 4) is 0 Å². The SMILES string of the molecule is CCOC(=O)c1cc(CCC(=O)O)ccc1CCl. The monoisotopic (exact) mass is 270 g/mol. The second-order valence-electron chi connectivity index (χ2n) is 3.74. The number of hydrogen-bond acceptors (Lipinski definition) is 3. The zero-order valence-electron chi connectivity index (χ0n) is 10.1. The lowest BCUT2D eigenvalue weighted by atomic mass is 10.0. The molecule has 0 atom stereocenters. The van der Waals surface area contributed by atoms with Crippen LogP contribution in [0.15, 0.2) is 18.2 Å². The number of aryl methyl sites for hydroxylation is 1. The van der Waals surface area contributed by atoms with Crippen molar-refractivity contribution in [1.29, 1.82) is 0 Å². The maximum Gasteiger partial charge on any atom is 0.338 e. The number of carbonyl (C=O) groups is 2. The smallest absolute Gasteiger partial charge is 0.338 e. The van der Waals surface area contributed by atoms with Crippen LogP contribution in [0.1, 0.15) is 34.8 Å². The highest BCUT2D eigenvalue weighted by Gasteiger charge is 2.13. The highest BCUT2D eigenvalue weighted by molar-refractivity contribution is 6.17. The number of halogens is 1. The second kappa shape index (κ2) is 7.01. The van der Waals surface area contributed by atoms with Crippen LogP contribution in [0.2, 0.25) is 0 Å². The van der Waals surface area contributed by atoms with Crippen LogP contribution in [0.25, 0.3) is 0 Å². The first-order valence-electron chi connectivity index (χ1n) is 5.65. The van der Waals surface area contributed by atoms with E-state index in [1.807, 2.05) is 0 Å². The largest absolute Gasteiger partial charge is 0.481 e. The zero-order chi connectivity index (χ0) is 13.5. The number of ether oxygens (including phenoxy) is 1. The van der Waals surface area contributed by atoms with Crippen LogP contribution >= 0.6 is 11.6 Å². The Morgan fingerprint density at radius 2 is 2.11 bits per heavy atom. The third-order valence-corrected chi connectivity index (χ3v) is 2.73. The Labute approximate surface area is 111 Å². The molecule has 0 aromatic heterocycles. The van der Waals surface area contributed by atoms with Crippen molar-refractivity contribution in [2.75, 3.05) is 6.61 Å². The topological polar surface area (TPSA) is 63.6 Å². The van der Waals surface area contributed by atoms with Gasteiger partial charge in [-0.3, -0.25) is 4.79 Å². The molecule has 18 heavy (non-hydrogen) atoms. The molecule has 0 spiro atoms. The molecule has 0 saturated heterocycles. The number of benzene rings is 1. The first-order chi connectivity index (χ1) is 8.58. The van der Waals surface area contributed by atoms with Crippen LogP contribution in [0, 0.1) is 0 Å². The Hall–Kier alpha value is -1.55. The van der Waals surface area contributed by atoms with Crippen LogP contribution in [-0.4, -0.2) is 23.7 Å². The average molecular weight is 271 g/mol. The van der Waals surface area contributed by atoms with E-state index in [1.165, 1.54) is 0 Å². The molecule has 98 valence electrons. The lowest BCUT2D eigenvalue weighted by molar-refractivity contribution is -0.136. The summed E-state index contributed by atoms with van der Waals surface area (Å²) in [6.07, 6.45) is 0.410. The van der Waals surface area contributed by atoms with E-state index >= 15 is 0 Å². The van der Waals surface area contributed by atoms with Crippen molar-refractivity contribution in [3.05, 3.63) is 34.9 Å². The van der Waals surface area contributed by atoms with Gasteiger partial charge in [-0.25, -0.2) is 4.79 Å². The summed E-state index contributed by atoms with van der Waals surface area (Å²) in [4.78, 5) is 22.2. The quantitative estimate of drug-likeness (QED) is 0.637. The minimum atomic E-state index is -0.867. The van der Waals surface area contributed by atoms with E-state index in [9.17, 15) is 9.59 Å². The van der Waals surface area contributed by atoms with Crippen molar-refractivity contribution >= 4 is 23.5 Å². The van der Waals surface area contributed by atoms with E-state index in [4.69, 9.17) is 21.4 Å². The highest BCUT2D eigenvalue weighted by Crippen LogP contribution is 2.17. The maximum atomic E-state index is 11.7. The number of carboxylic acid groups (broad SMARTS) is 1. The molecular formula is C13H15ClO4. The third-order valence-electron chi connectivity index (χ3n) is 2.44. The molecule has 1 aromatic rings. The fourth-order valence-electron chi connectivity index (χ4n) is 1.55. The summed E-state index contributed by atoms with van der Waals surface area (Å²) >= 11 is 5.75. The Balaban J connectivity index is 2.94. The molecule has 0 unspecified atom stereocenters. The van der Waals surface area contributed by atoms with Crippen molar-refractivity contribution < 1.29 is 19.4 Å². The van der Waals surface area contributed by atoms with Gasteiger partial charge in [-0.05, 0) is 30.5 Å². The summed E-state index contributed by atoms with van der Waals surface area (Å²) in [7, 11) is 0. The summed E-state index contributed by atoms with van der Waals surface area (Å²) in [5.41, 5.74) is 1.89. The lowest BCUT2D eigenvalue weighted by Gasteiger charge is -2.08. The van der Waals surface area contributed by atoms with Gasteiger partial charge in [0.05, 0.1) is 12.2 Å². The molecule has 0 fully saturated rings. The van der Waals surface area contributed by atoms with Gasteiger partial charge in [-0.2, -0.15) is 0 Å². The minimum Gasteiger partial charge on any atom is -0.481 e. The van der Waals surface area contributed by atoms with Gasteiger partial charge in [0.1, 0.15) is 0 Å². The first-order valence-corrected chi connectivity index (χ1v) is 6.18. The fourth-order valence-corrected chi connectivity index (χ4v) is 1.78. The van der Waals surface area contributed by atoms with Gasteiger partial charge in [-0.1, -0.05) is 12.1 Å². The molecule has 0 heterocycles. The Morgan fingerprint density at radius 1 is 1.39 bits per heavy atom. The summed E-state index contributed by atoms with van der Waals surface area (Å²) < 4.78 is 4.94. The van der Waals surface area contributed by atoms with Gasteiger partial charge >= 0.3 is 11.9 Å². The van der Waals surface area contributed by atoms with Crippen molar-refractivity contribution in [1.82, 2.24) is 0 Å². The van der Waals surface area contributed by atoms with Gasteiger partial charge in [-0.15, -0.1) is 11.6 Å². The molecule has 0 aliphatic heterocycles. The van der Waals surface area contributed by atoms with E-state index < -0.39 is 11.9 Å². The molecule has 5 heteroatoms. The molecule has 0 radical (unpaired) electrons. The predicted molar refractivity (Wildman–Crippen MR) is 67.9 cm³/mol. The standard InChI is InChI=1S/C13H15ClO4/c1-2-18-13(17)11-7-9(4-6-12(15)16)3-5-10(11)8-14/h3,5,7H,2,4,6,8H2,1H3,(H,15,16). The number of carbonyl (C=O) groups excluding carboxylic acids is 1. The predicted octanol–water partition coefficient (Wildman–Crippen LogP) is 2.62. The number of hydrogen-bond donors (Lipinski definition) is 1. The maximum absolute atomic E-state index is 11.7. The van der Waals surface area contributed by atoms with E-state index in [0.29, 0.717) is 24.2 Å². The molecule has 0 amide bonds. The van der Waals surface area contributed by atoms with Crippen molar-refractivity contribution in [2.45, 2.75) is 25.6 Å². The number of rotatable bonds is 6. The summed E-state index contributed by atoms with van der Waals surface area (Å²) in [6.45, 7) is 2.02. The van der Waals surface area contributed by atoms with E-state index in [2.05, 4.69) is 0 Å². The number of esters is 1. The van der Waals surface area contributed by atoms with E-state index in [1.54, 1.807) is 25.1 Å². The average Bonchev–Trinajstić information content (AvgIpc) is 2.36. The van der Waals surface area contributed by atoms with E-state index in [-0.39, 0.29) is 12.3 Å². The molecule has 0 aliphatic carbocycles. The van der Waals surface area contributed by atoms with Crippen molar-refractivity contribution in [2.24, 2.45) is 0 Å². The number of carboxylic acids is 1. The number of aliphatic carboxylic acids is 1. The van der Waals surface area contributed by atoms with Crippen LogP contribution in [0.4, 0.5) is 0 Å².